The Morgan fingerprint density at radius 3 is 0.500 bits per heavy atom. The number of hydrogen-bond acceptors (Lipinski definition) is 0. The van der Waals surface area contributed by atoms with Crippen molar-refractivity contribution in [2.24, 2.45) is 0 Å². The van der Waals surface area contributed by atoms with Gasteiger partial charge in [0.2, 0.25) is 0 Å². The van der Waals surface area contributed by atoms with E-state index in [1.165, 1.54) is 0 Å². The first-order valence-corrected chi connectivity index (χ1v) is 0. The Morgan fingerprint density at radius 1 is 0.500 bits per heavy atom. The predicted molar refractivity (Wildman–Crippen MR) is 16.1 cm³/mol. The minimum absolute atomic E-state index is 0. The van der Waals surface area contributed by atoms with Crippen molar-refractivity contribution >= 4 is 0 Å². The zero-order valence-electron chi connectivity index (χ0n) is 4.95. The molecule has 0 bridgehead atoms. The van der Waals surface area contributed by atoms with E-state index >= 15 is 0 Å². The molecule has 0 N–H and O–H groups in total. The second kappa shape index (κ2) is 471. The molecular formula is H7F6LiTi. The summed E-state index contributed by atoms with van der Waals surface area (Å²) >= 11 is 0. The molecule has 0 amide bonds. The van der Waals surface area contributed by atoms with Crippen molar-refractivity contribution in [3.63, 3.8) is 0 Å². The molecular weight excluding hydrogens is 169 g/mol. The van der Waals surface area contributed by atoms with Gasteiger partial charge in [0.25, 0.3) is 0 Å². The molecule has 0 fully saturated rings. The fraction of sp³-hybridized carbons (Fsp3) is 0. The summed E-state index contributed by atoms with van der Waals surface area (Å²) in [5.41, 5.74) is 0. The molecule has 0 aliphatic heterocycles. The third-order valence-electron chi connectivity index (χ3n) is 0. The summed E-state index contributed by atoms with van der Waals surface area (Å²) in [6.07, 6.45) is 0. The van der Waals surface area contributed by atoms with E-state index < -0.39 is 0 Å². The first kappa shape index (κ1) is 696. The van der Waals surface area contributed by atoms with Crippen LogP contribution in [0, 0.1) is 0 Å². The van der Waals surface area contributed by atoms with Gasteiger partial charge in [-0.2, -0.15) is 0 Å². The Balaban J connectivity index is 0. The van der Waals surface area contributed by atoms with Crippen molar-refractivity contribution in [2.45, 2.75) is 0 Å². The number of rotatable bonds is 0. The average molecular weight is 176 g/mol. The molecule has 54 valence electrons. The predicted octanol–water partition coefficient (Wildman–Crippen LogP) is -1.97. The third kappa shape index (κ3) is 301. The van der Waals surface area contributed by atoms with Crippen molar-refractivity contribution in [3.05, 3.63) is 0 Å². The fourth-order valence-electron chi connectivity index (χ4n) is 0. The van der Waals surface area contributed by atoms with Crippen molar-refractivity contribution < 1.29 is 70.2 Å². The van der Waals surface area contributed by atoms with Gasteiger partial charge in [0.1, 0.15) is 0 Å². The van der Waals surface area contributed by atoms with Gasteiger partial charge < -0.3 is 1.43 Å². The first-order chi connectivity index (χ1) is 0. The van der Waals surface area contributed by atoms with E-state index in [1.54, 1.807) is 0 Å². The fourth-order valence-corrected chi connectivity index (χ4v) is 0. The van der Waals surface area contributed by atoms with Crippen LogP contribution in [0.15, 0.2) is 0 Å². The Labute approximate surface area is 70.5 Å². The molecule has 0 heterocycles. The van der Waals surface area contributed by atoms with E-state index in [0.717, 1.165) is 0 Å². The van der Waals surface area contributed by atoms with Crippen LogP contribution in [0.3, 0.4) is 0 Å². The van der Waals surface area contributed by atoms with Gasteiger partial charge in [0.15, 0.2) is 0 Å². The van der Waals surface area contributed by atoms with Crippen molar-refractivity contribution in [3.8, 4) is 0 Å². The molecule has 8 heteroatoms. The molecule has 0 unspecified atom stereocenters. The largest absolute Gasteiger partial charge is 1.00 e. The van der Waals surface area contributed by atoms with Crippen molar-refractivity contribution in [1.29, 1.82) is 0 Å². The van der Waals surface area contributed by atoms with E-state index in [2.05, 4.69) is 0 Å². The van der Waals surface area contributed by atoms with Gasteiger partial charge in [-0.05, 0) is 0 Å². The normalized spacial score (nSPS) is 0. The van der Waals surface area contributed by atoms with E-state index in [4.69, 9.17) is 0 Å². The summed E-state index contributed by atoms with van der Waals surface area (Å²) in [6, 6.07) is 0. The Hall–Kier alpha value is 0.892. The zero-order valence-corrected chi connectivity index (χ0v) is 5.51. The summed E-state index contributed by atoms with van der Waals surface area (Å²) in [7, 11) is 0. The molecule has 0 saturated heterocycles. The SMILES string of the molecule is F.F.F.F.F.F.[H-].[Li+].[Ti]. The van der Waals surface area contributed by atoms with E-state index in [-0.39, 0.29) is 70.2 Å². The Kier molecular flexibility index (Phi) is 41000. The molecule has 0 saturated carbocycles. The molecule has 0 atom stereocenters. The van der Waals surface area contributed by atoms with Crippen LogP contribution in [0.25, 0.3) is 0 Å². The van der Waals surface area contributed by atoms with Crippen molar-refractivity contribution in [1.82, 2.24) is 0 Å². The summed E-state index contributed by atoms with van der Waals surface area (Å²) in [5, 5.41) is 0. The first-order valence-electron chi connectivity index (χ1n) is 0. The van der Waals surface area contributed by atoms with Crippen LogP contribution in [0.4, 0.5) is 28.2 Å². The van der Waals surface area contributed by atoms with E-state index in [9.17, 15) is 0 Å². The molecule has 0 spiro atoms. The Bertz CT molecular complexity index is 13.0. The van der Waals surface area contributed by atoms with Crippen LogP contribution in [0.2, 0.25) is 0 Å². The van der Waals surface area contributed by atoms with Gasteiger partial charge in [0.05, 0.1) is 0 Å². The van der Waals surface area contributed by atoms with Gasteiger partial charge in [0, 0.05) is 21.7 Å². The van der Waals surface area contributed by atoms with Gasteiger partial charge in [-0.25, -0.2) is 0 Å². The quantitative estimate of drug-likeness (QED) is 0.296. The van der Waals surface area contributed by atoms with Gasteiger partial charge >= 0.3 is 18.9 Å². The van der Waals surface area contributed by atoms with E-state index in [1.807, 2.05) is 0 Å². The van der Waals surface area contributed by atoms with Gasteiger partial charge in [-0.15, -0.1) is 0 Å². The van der Waals surface area contributed by atoms with Crippen LogP contribution >= 0.6 is 0 Å². The minimum atomic E-state index is 0. The monoisotopic (exact) mass is 176 g/mol. The standard InChI is InChI=1S/6FH.Li.Ti.H/h6*1H;;;/q;;;;;;+1;;-1. The van der Waals surface area contributed by atoms with Crippen LogP contribution in [0.5, 0.6) is 0 Å². The van der Waals surface area contributed by atoms with E-state index in [0.29, 0.717) is 0 Å². The summed E-state index contributed by atoms with van der Waals surface area (Å²) in [4.78, 5) is 0. The topological polar surface area (TPSA) is 0 Å². The molecule has 0 aromatic heterocycles. The summed E-state index contributed by atoms with van der Waals surface area (Å²) in [5.74, 6) is 0. The maximum absolute atomic E-state index is 0. The van der Waals surface area contributed by atoms with Crippen molar-refractivity contribution in [2.75, 3.05) is 0 Å². The molecule has 0 aromatic carbocycles. The molecule has 0 radical (unpaired) electrons. The average Bonchev–Trinajstić information content (AvgIpc) is 0. The number of hydrogen-bond donors (Lipinski definition) is 0. The molecule has 0 aliphatic rings. The second-order valence-electron chi connectivity index (χ2n) is 0. The Morgan fingerprint density at radius 2 is 0.500 bits per heavy atom. The molecule has 8 heavy (non-hydrogen) atoms. The molecule has 0 rings (SSSR count). The van der Waals surface area contributed by atoms with Crippen LogP contribution in [0.1, 0.15) is 1.43 Å². The molecule has 0 nitrogen and oxygen atoms in total. The molecule has 0 aromatic rings. The third-order valence-corrected chi connectivity index (χ3v) is 0. The van der Waals surface area contributed by atoms with Gasteiger partial charge in [-0.1, -0.05) is 0 Å². The maximum atomic E-state index is 0. The van der Waals surface area contributed by atoms with Crippen LogP contribution in [-0.2, 0) is 21.7 Å². The number of halogens is 6. The smallest absolute Gasteiger partial charge is 1.00 e. The summed E-state index contributed by atoms with van der Waals surface area (Å²) in [6.45, 7) is 0. The molecule has 0 aliphatic carbocycles. The maximum Gasteiger partial charge on any atom is 1.00 e. The zero-order chi connectivity index (χ0) is 0. The van der Waals surface area contributed by atoms with Crippen LogP contribution in [-0.4, -0.2) is 0 Å². The van der Waals surface area contributed by atoms with Gasteiger partial charge in [-0.3, -0.25) is 28.2 Å². The van der Waals surface area contributed by atoms with Crippen LogP contribution < -0.4 is 18.9 Å². The summed E-state index contributed by atoms with van der Waals surface area (Å²) < 4.78 is 0. The second-order valence-corrected chi connectivity index (χ2v) is 0. The minimum Gasteiger partial charge on any atom is -1.00 e.